The highest BCUT2D eigenvalue weighted by Gasteiger charge is 2.54. The van der Waals surface area contributed by atoms with Crippen LogP contribution in [0.4, 0.5) is 5.69 Å². The molecule has 0 fully saturated rings. The van der Waals surface area contributed by atoms with Crippen LogP contribution >= 0.6 is 15.9 Å². The van der Waals surface area contributed by atoms with Crippen molar-refractivity contribution in [3.8, 4) is 5.75 Å². The number of nitrogens with one attached hydrogen (secondary N) is 2. The second-order valence-electron chi connectivity index (χ2n) is 11.3. The molecule has 242 valence electrons. The van der Waals surface area contributed by atoms with E-state index in [0.29, 0.717) is 42.1 Å². The zero-order valence-corrected chi connectivity index (χ0v) is 27.5. The van der Waals surface area contributed by atoms with Crippen LogP contribution in [-0.4, -0.2) is 35.7 Å². The van der Waals surface area contributed by atoms with Crippen LogP contribution in [0.3, 0.4) is 0 Å². The normalized spacial score (nSPS) is 16.9. The highest BCUT2D eigenvalue weighted by molar-refractivity contribution is 9.10. The van der Waals surface area contributed by atoms with E-state index in [4.69, 9.17) is 19.6 Å². The number of amides is 1. The molecule has 0 spiro atoms. The number of hydrogen-bond acceptors (Lipinski definition) is 7. The summed E-state index contributed by atoms with van der Waals surface area (Å²) < 4.78 is 13.1. The molecule has 48 heavy (non-hydrogen) atoms. The maximum Gasteiger partial charge on any atom is 0.266 e. The van der Waals surface area contributed by atoms with Gasteiger partial charge in [0.1, 0.15) is 5.75 Å². The second-order valence-corrected chi connectivity index (χ2v) is 12.1. The summed E-state index contributed by atoms with van der Waals surface area (Å²) in [4.78, 5) is 22.8. The fourth-order valence-electron chi connectivity index (χ4n) is 5.81. The van der Waals surface area contributed by atoms with Gasteiger partial charge >= 0.3 is 0 Å². The van der Waals surface area contributed by atoms with Gasteiger partial charge in [0.25, 0.3) is 5.91 Å². The lowest BCUT2D eigenvalue weighted by Gasteiger charge is -2.31. The molecule has 0 saturated carbocycles. The summed E-state index contributed by atoms with van der Waals surface area (Å²) in [6, 6.07) is 36.1. The molecule has 1 amide bonds. The Balaban J connectivity index is 1.40. The monoisotopic (exact) mass is 704 g/mol. The van der Waals surface area contributed by atoms with Crippen LogP contribution in [0.1, 0.15) is 34.8 Å². The van der Waals surface area contributed by atoms with Crippen molar-refractivity contribution in [3.63, 3.8) is 0 Å². The second kappa shape index (κ2) is 15.1. The Bertz CT molecular complexity index is 1990. The number of benzene rings is 5. The summed E-state index contributed by atoms with van der Waals surface area (Å²) in [6.07, 6.45) is -0.274. The van der Waals surface area contributed by atoms with Gasteiger partial charge in [-0.1, -0.05) is 106 Å². The number of ether oxygens (including phenoxy) is 2. The summed E-state index contributed by atoms with van der Waals surface area (Å²) >= 11 is 3.66. The van der Waals surface area contributed by atoms with E-state index >= 15 is 0 Å². The number of halogens is 1. The number of azide groups is 1. The minimum atomic E-state index is -1.53. The van der Waals surface area contributed by atoms with Gasteiger partial charge in [0.05, 0.1) is 6.61 Å². The largest absolute Gasteiger partial charge is 0.494 e. The van der Waals surface area contributed by atoms with Gasteiger partial charge in [0.2, 0.25) is 5.90 Å². The maximum atomic E-state index is 14.6. The van der Waals surface area contributed by atoms with E-state index in [0.717, 1.165) is 26.4 Å². The topological polar surface area (TPSA) is 141 Å². The molecule has 5 aromatic carbocycles. The average molecular weight is 706 g/mol. The molecule has 3 N–H and O–H groups in total. The number of aliphatic hydroxyl groups excluding tert-OH is 1. The van der Waals surface area contributed by atoms with Crippen LogP contribution in [0.2, 0.25) is 0 Å². The molecule has 1 aliphatic rings. The van der Waals surface area contributed by atoms with Crippen LogP contribution in [-0.2, 0) is 22.5 Å². The fraction of sp³-hybridized carbons (Fsp3) is 0.189. The van der Waals surface area contributed by atoms with Gasteiger partial charge in [-0.25, -0.2) is 10.4 Å². The fourth-order valence-corrected chi connectivity index (χ4v) is 6.24. The van der Waals surface area contributed by atoms with Crippen molar-refractivity contribution in [3.05, 3.63) is 152 Å². The van der Waals surface area contributed by atoms with Crippen molar-refractivity contribution in [2.75, 3.05) is 13.2 Å². The zero-order valence-electron chi connectivity index (χ0n) is 25.9. The number of hydrogen-bond donors (Lipinski definition) is 3. The quantitative estimate of drug-likeness (QED) is 0.0380. The van der Waals surface area contributed by atoms with Crippen LogP contribution in [0.5, 0.6) is 5.75 Å². The first kappa shape index (κ1) is 32.7. The van der Waals surface area contributed by atoms with E-state index in [1.807, 2.05) is 66.7 Å². The molecule has 1 heterocycles. The Morgan fingerprint density at radius 2 is 1.69 bits per heavy atom. The number of hydrazine groups is 1. The van der Waals surface area contributed by atoms with Gasteiger partial charge in [-0.3, -0.25) is 10.2 Å². The lowest BCUT2D eigenvalue weighted by atomic mass is 9.81. The molecular formula is C37H33BrN6O4. The molecule has 5 aromatic rings. The van der Waals surface area contributed by atoms with E-state index in [1.54, 1.807) is 30.3 Å². The molecule has 0 saturated heterocycles. The number of fused-ring (bicyclic) bond motifs is 1. The van der Waals surface area contributed by atoms with E-state index in [9.17, 15) is 10.3 Å². The molecule has 0 aliphatic carbocycles. The summed E-state index contributed by atoms with van der Waals surface area (Å²) in [5.41, 5.74) is 17.3. The summed E-state index contributed by atoms with van der Waals surface area (Å²) in [5, 5.41) is 15.2. The Kier molecular flexibility index (Phi) is 10.3. The summed E-state index contributed by atoms with van der Waals surface area (Å²) in [7, 11) is 0. The first-order chi connectivity index (χ1) is 23.5. The van der Waals surface area contributed by atoms with E-state index < -0.39 is 17.6 Å². The van der Waals surface area contributed by atoms with E-state index in [-0.39, 0.29) is 18.9 Å². The van der Waals surface area contributed by atoms with Gasteiger partial charge in [0.15, 0.2) is 11.6 Å². The number of carbonyl (C=O) groups excluding carboxylic acids is 1. The molecule has 6 rings (SSSR count). The van der Waals surface area contributed by atoms with E-state index in [1.165, 1.54) is 0 Å². The molecule has 0 bridgehead atoms. The number of aliphatic imine (C=N–C) groups is 1. The number of carbonyl (C=O) groups is 1. The molecule has 0 aromatic heterocycles. The summed E-state index contributed by atoms with van der Waals surface area (Å²) in [6.45, 7) is 0.792. The Morgan fingerprint density at radius 1 is 0.958 bits per heavy atom. The maximum absolute atomic E-state index is 14.6. The Morgan fingerprint density at radius 3 is 2.50 bits per heavy atom. The van der Waals surface area contributed by atoms with Crippen molar-refractivity contribution in [2.24, 2.45) is 10.1 Å². The third-order valence-electron chi connectivity index (χ3n) is 8.18. The van der Waals surface area contributed by atoms with Crippen molar-refractivity contribution < 1.29 is 19.4 Å². The first-order valence-electron chi connectivity index (χ1n) is 15.5. The SMILES string of the molecule is [N-]=[N+]=Nc1ccccc1[C@@H]1OC(c2ccc(OCCCO)cc2)=N[C@]1(Cc1ccccc1Br)C(=O)NNCc1cccc2ccccc12. The zero-order chi connectivity index (χ0) is 33.3. The summed E-state index contributed by atoms with van der Waals surface area (Å²) in [5.74, 6) is 0.470. The standard InChI is InChI=1S/C37H33BrN6O4/c38-32-15-5-2-10-27(32)23-37(36(46)43-40-24-28-12-7-11-25-9-1-3-13-30(25)28)34(31-14-4-6-16-33(31)42-44-39)48-35(41-37)26-17-19-29(20-18-26)47-22-8-21-45/h1-7,9-20,34,40,45H,8,21-24H2,(H,43,46)/t34-,37-/m0/s1. The van der Waals surface area contributed by atoms with Crippen molar-refractivity contribution >= 4 is 44.2 Å². The smallest absolute Gasteiger partial charge is 0.266 e. The van der Waals surface area contributed by atoms with Gasteiger partial charge in [-0.2, -0.15) is 0 Å². The minimum Gasteiger partial charge on any atom is -0.494 e. The lowest BCUT2D eigenvalue weighted by molar-refractivity contribution is -0.130. The minimum absolute atomic E-state index is 0.0416. The molecule has 11 heteroatoms. The van der Waals surface area contributed by atoms with Crippen LogP contribution in [0.15, 0.2) is 130 Å². The molecule has 0 unspecified atom stereocenters. The lowest BCUT2D eigenvalue weighted by Crippen LogP contribution is -2.53. The van der Waals surface area contributed by atoms with Crippen molar-refractivity contribution in [1.29, 1.82) is 0 Å². The first-order valence-corrected chi connectivity index (χ1v) is 16.3. The molecular weight excluding hydrogens is 672 g/mol. The van der Waals surface area contributed by atoms with Crippen molar-refractivity contribution in [1.82, 2.24) is 10.9 Å². The molecule has 2 atom stereocenters. The van der Waals surface area contributed by atoms with Crippen LogP contribution in [0, 0.1) is 0 Å². The van der Waals surface area contributed by atoms with Gasteiger partial charge in [-0.05, 0) is 57.8 Å². The predicted molar refractivity (Wildman–Crippen MR) is 189 cm³/mol. The number of aliphatic hydroxyl groups is 1. The molecule has 1 aliphatic heterocycles. The highest BCUT2D eigenvalue weighted by atomic mass is 79.9. The van der Waals surface area contributed by atoms with Gasteiger partial charge in [-0.15, -0.1) is 0 Å². The predicted octanol–water partition coefficient (Wildman–Crippen LogP) is 7.63. The van der Waals surface area contributed by atoms with Crippen LogP contribution in [0.25, 0.3) is 21.2 Å². The number of rotatable bonds is 13. The highest BCUT2D eigenvalue weighted by Crippen LogP contribution is 2.46. The van der Waals surface area contributed by atoms with Gasteiger partial charge < -0.3 is 14.6 Å². The van der Waals surface area contributed by atoms with Crippen LogP contribution < -0.4 is 15.6 Å². The van der Waals surface area contributed by atoms with Gasteiger partial charge in [0, 0.05) is 52.2 Å². The molecule has 0 radical (unpaired) electrons. The number of nitrogens with zero attached hydrogens (tertiary/aromatic N) is 4. The Hall–Kier alpha value is -5.19. The third kappa shape index (κ3) is 7.05. The average Bonchev–Trinajstić information content (AvgIpc) is 3.50. The Labute approximate surface area is 286 Å². The van der Waals surface area contributed by atoms with Crippen molar-refractivity contribution in [2.45, 2.75) is 31.0 Å². The molecule has 10 nitrogen and oxygen atoms in total. The van der Waals surface area contributed by atoms with E-state index in [2.05, 4.69) is 55.0 Å². The third-order valence-corrected chi connectivity index (χ3v) is 8.95.